The Kier molecular flexibility index (Phi) is 3.06. The van der Waals surface area contributed by atoms with E-state index in [0.717, 1.165) is 16.9 Å². The minimum absolute atomic E-state index is 0.182. The lowest BCUT2D eigenvalue weighted by Gasteiger charge is -2.06. The van der Waals surface area contributed by atoms with Crippen molar-refractivity contribution in [1.29, 1.82) is 0 Å². The Hall–Kier alpha value is -1.61. The first-order valence-electron chi connectivity index (χ1n) is 4.88. The Balaban J connectivity index is 2.27. The van der Waals surface area contributed by atoms with Crippen LogP contribution in [0.4, 0.5) is 0 Å². The van der Waals surface area contributed by atoms with Crippen molar-refractivity contribution < 1.29 is 4.74 Å². The molecule has 82 valence electrons. The predicted molar refractivity (Wildman–Crippen MR) is 63.0 cm³/mol. The van der Waals surface area contributed by atoms with Gasteiger partial charge in [0.15, 0.2) is 0 Å². The molecule has 0 unspecified atom stereocenters. The van der Waals surface area contributed by atoms with E-state index in [1.165, 1.54) is 0 Å². The van der Waals surface area contributed by atoms with E-state index in [2.05, 4.69) is 16.0 Å². The van der Waals surface area contributed by atoms with Crippen molar-refractivity contribution >= 4 is 11.6 Å². The van der Waals surface area contributed by atoms with Crippen LogP contribution in [0, 0.1) is 13.8 Å². The molecule has 0 saturated carbocycles. The molecule has 1 aromatic heterocycles. The number of halogens is 1. The largest absolute Gasteiger partial charge is 0.439 e. The molecule has 0 bridgehead atoms. The number of ether oxygens (including phenoxy) is 1. The van der Waals surface area contributed by atoms with E-state index >= 15 is 0 Å². The molecule has 0 aliphatic rings. The third-order valence-corrected chi connectivity index (χ3v) is 2.20. The Morgan fingerprint density at radius 3 is 2.44 bits per heavy atom. The normalized spacial score (nSPS) is 10.2. The maximum absolute atomic E-state index is 5.67. The van der Waals surface area contributed by atoms with Gasteiger partial charge in [-0.2, -0.15) is 4.98 Å². The second-order valence-electron chi connectivity index (χ2n) is 3.59. The van der Waals surface area contributed by atoms with Crippen molar-refractivity contribution in [3.63, 3.8) is 0 Å². The zero-order valence-corrected chi connectivity index (χ0v) is 9.82. The van der Waals surface area contributed by atoms with Crippen molar-refractivity contribution in [2.24, 2.45) is 0 Å². The van der Waals surface area contributed by atoms with Gasteiger partial charge in [0.05, 0.1) is 0 Å². The predicted octanol–water partition coefficient (Wildman–Crippen LogP) is 3.54. The first kappa shape index (κ1) is 10.9. The minimum atomic E-state index is 0.182. The lowest BCUT2D eigenvalue weighted by molar-refractivity contribution is 0.461. The number of aryl methyl sites for hydroxylation is 2. The van der Waals surface area contributed by atoms with E-state index < -0.39 is 0 Å². The zero-order chi connectivity index (χ0) is 11.5. The fourth-order valence-corrected chi connectivity index (χ4v) is 1.63. The smallest absolute Gasteiger partial charge is 0.225 e. The summed E-state index contributed by atoms with van der Waals surface area (Å²) in [5, 5.41) is 0.182. The van der Waals surface area contributed by atoms with Gasteiger partial charge in [-0.05, 0) is 48.7 Å². The zero-order valence-electron chi connectivity index (χ0n) is 9.07. The lowest BCUT2D eigenvalue weighted by Crippen LogP contribution is -1.90. The van der Waals surface area contributed by atoms with Gasteiger partial charge in [0.2, 0.25) is 11.2 Å². The topological polar surface area (TPSA) is 35.0 Å². The van der Waals surface area contributed by atoms with Crippen molar-refractivity contribution in [2.45, 2.75) is 13.8 Å². The fourth-order valence-electron chi connectivity index (χ4n) is 1.49. The first-order chi connectivity index (χ1) is 7.63. The van der Waals surface area contributed by atoms with Crippen molar-refractivity contribution in [2.75, 3.05) is 0 Å². The summed E-state index contributed by atoms with van der Waals surface area (Å²) < 4.78 is 5.59. The molecular formula is C12H11ClN2O. The van der Waals surface area contributed by atoms with Crippen LogP contribution in [0.25, 0.3) is 0 Å². The number of benzene rings is 1. The number of hydrogen-bond acceptors (Lipinski definition) is 3. The third-order valence-electron chi connectivity index (χ3n) is 2.02. The maximum Gasteiger partial charge on any atom is 0.225 e. The van der Waals surface area contributed by atoms with Crippen LogP contribution in [-0.4, -0.2) is 9.97 Å². The van der Waals surface area contributed by atoms with Crippen LogP contribution in [0.5, 0.6) is 11.6 Å². The average molecular weight is 235 g/mol. The van der Waals surface area contributed by atoms with Crippen LogP contribution in [0.2, 0.25) is 5.28 Å². The van der Waals surface area contributed by atoms with E-state index in [-0.39, 0.29) is 5.28 Å². The van der Waals surface area contributed by atoms with E-state index in [0.29, 0.717) is 5.88 Å². The molecule has 1 aromatic carbocycles. The molecule has 0 aliphatic heterocycles. The highest BCUT2D eigenvalue weighted by Crippen LogP contribution is 2.22. The summed E-state index contributed by atoms with van der Waals surface area (Å²) >= 11 is 5.67. The Labute approximate surface area is 99.1 Å². The van der Waals surface area contributed by atoms with Crippen LogP contribution in [-0.2, 0) is 0 Å². The summed E-state index contributed by atoms with van der Waals surface area (Å²) in [5.74, 6) is 1.21. The van der Waals surface area contributed by atoms with E-state index in [1.807, 2.05) is 26.0 Å². The number of hydrogen-bond donors (Lipinski definition) is 0. The fraction of sp³-hybridized carbons (Fsp3) is 0.167. The number of nitrogens with zero attached hydrogens (tertiary/aromatic N) is 2. The number of rotatable bonds is 2. The van der Waals surface area contributed by atoms with Crippen molar-refractivity contribution in [3.05, 3.63) is 46.9 Å². The molecule has 1 heterocycles. The molecule has 2 aromatic rings. The Morgan fingerprint density at radius 1 is 1.12 bits per heavy atom. The van der Waals surface area contributed by atoms with Crippen molar-refractivity contribution in [1.82, 2.24) is 9.97 Å². The second-order valence-corrected chi connectivity index (χ2v) is 3.93. The minimum Gasteiger partial charge on any atom is -0.439 e. The van der Waals surface area contributed by atoms with Crippen LogP contribution in [0.3, 0.4) is 0 Å². The van der Waals surface area contributed by atoms with Gasteiger partial charge >= 0.3 is 0 Å². The van der Waals surface area contributed by atoms with E-state index in [4.69, 9.17) is 16.3 Å². The van der Waals surface area contributed by atoms with Crippen LogP contribution in [0.15, 0.2) is 30.5 Å². The van der Waals surface area contributed by atoms with Crippen LogP contribution >= 0.6 is 11.6 Å². The third kappa shape index (κ3) is 2.70. The molecule has 0 aliphatic carbocycles. The van der Waals surface area contributed by atoms with E-state index in [9.17, 15) is 0 Å². The van der Waals surface area contributed by atoms with Gasteiger partial charge in [-0.3, -0.25) is 0 Å². The monoisotopic (exact) mass is 234 g/mol. The first-order valence-corrected chi connectivity index (χ1v) is 5.26. The van der Waals surface area contributed by atoms with Gasteiger partial charge < -0.3 is 4.74 Å². The molecule has 0 amide bonds. The number of aromatic nitrogens is 2. The Bertz CT molecular complexity index is 494. The highest BCUT2D eigenvalue weighted by molar-refractivity contribution is 6.28. The van der Waals surface area contributed by atoms with Crippen LogP contribution < -0.4 is 4.74 Å². The van der Waals surface area contributed by atoms with Gasteiger partial charge in [-0.15, -0.1) is 0 Å². The summed E-state index contributed by atoms with van der Waals surface area (Å²) in [6.07, 6.45) is 1.56. The molecule has 4 heteroatoms. The van der Waals surface area contributed by atoms with Gasteiger partial charge in [0.1, 0.15) is 5.75 Å². The summed E-state index contributed by atoms with van der Waals surface area (Å²) in [5.41, 5.74) is 2.30. The molecule has 0 fully saturated rings. The lowest BCUT2D eigenvalue weighted by atomic mass is 10.1. The molecule has 0 saturated heterocycles. The van der Waals surface area contributed by atoms with Crippen molar-refractivity contribution in [3.8, 4) is 11.6 Å². The molecule has 2 rings (SSSR count). The maximum atomic E-state index is 5.67. The highest BCUT2D eigenvalue weighted by Gasteiger charge is 2.01. The quantitative estimate of drug-likeness (QED) is 0.746. The molecule has 3 nitrogen and oxygen atoms in total. The summed E-state index contributed by atoms with van der Waals surface area (Å²) in [4.78, 5) is 7.75. The molecule has 0 spiro atoms. The SMILES string of the molecule is Cc1cc(C)cc(Oc2ccnc(Cl)n2)c1. The summed E-state index contributed by atoms with van der Waals surface area (Å²) in [6.45, 7) is 4.04. The van der Waals surface area contributed by atoms with Gasteiger partial charge in [-0.1, -0.05) is 6.07 Å². The molecule has 0 N–H and O–H groups in total. The van der Waals surface area contributed by atoms with E-state index in [1.54, 1.807) is 12.3 Å². The second kappa shape index (κ2) is 4.49. The molecular weight excluding hydrogens is 224 g/mol. The molecule has 0 radical (unpaired) electrons. The van der Waals surface area contributed by atoms with Gasteiger partial charge in [0, 0.05) is 12.3 Å². The van der Waals surface area contributed by atoms with Gasteiger partial charge in [0.25, 0.3) is 0 Å². The van der Waals surface area contributed by atoms with Crippen LogP contribution in [0.1, 0.15) is 11.1 Å². The summed E-state index contributed by atoms with van der Waals surface area (Å²) in [7, 11) is 0. The average Bonchev–Trinajstić information content (AvgIpc) is 2.15. The molecule has 0 atom stereocenters. The Morgan fingerprint density at radius 2 is 1.81 bits per heavy atom. The standard InChI is InChI=1S/C12H11ClN2O/c1-8-5-9(2)7-10(6-8)16-11-3-4-14-12(13)15-11/h3-7H,1-2H3. The van der Waals surface area contributed by atoms with Gasteiger partial charge in [-0.25, -0.2) is 4.98 Å². The highest BCUT2D eigenvalue weighted by atomic mass is 35.5. The molecule has 16 heavy (non-hydrogen) atoms. The summed E-state index contributed by atoms with van der Waals surface area (Å²) in [6, 6.07) is 7.65.